The van der Waals surface area contributed by atoms with Gasteiger partial charge >= 0.3 is 5.97 Å². The average molecular weight is 237 g/mol. The normalized spacial score (nSPS) is 18.8. The molecule has 0 saturated heterocycles. The molecule has 0 saturated carbocycles. The van der Waals surface area contributed by atoms with Gasteiger partial charge in [-0.2, -0.15) is 5.10 Å². The van der Waals surface area contributed by atoms with E-state index in [0.29, 0.717) is 12.5 Å². The Morgan fingerprint density at radius 2 is 2.53 bits per heavy atom. The quantitative estimate of drug-likeness (QED) is 0.787. The van der Waals surface area contributed by atoms with Gasteiger partial charge in [-0.15, -0.1) is 0 Å². The molecule has 0 bridgehead atoms. The number of aromatic nitrogens is 2. The lowest BCUT2D eigenvalue weighted by atomic mass is 9.85. The summed E-state index contributed by atoms with van der Waals surface area (Å²) in [6, 6.07) is 0. The van der Waals surface area contributed by atoms with E-state index in [1.165, 1.54) is 24.8 Å². The van der Waals surface area contributed by atoms with Gasteiger partial charge < -0.3 is 10.5 Å². The first-order chi connectivity index (χ1) is 8.26. The molecular weight excluding hydrogens is 218 g/mol. The van der Waals surface area contributed by atoms with E-state index in [1.54, 1.807) is 4.68 Å². The van der Waals surface area contributed by atoms with Crippen LogP contribution in [0.3, 0.4) is 0 Å². The van der Waals surface area contributed by atoms with Crippen LogP contribution in [0.4, 0.5) is 0 Å². The van der Waals surface area contributed by atoms with Crippen LogP contribution in [0.25, 0.3) is 0 Å². The van der Waals surface area contributed by atoms with E-state index in [4.69, 9.17) is 5.73 Å². The molecule has 1 atom stereocenters. The molecule has 5 heteroatoms. The third-order valence-electron chi connectivity index (χ3n) is 3.41. The topological polar surface area (TPSA) is 70.1 Å². The van der Waals surface area contributed by atoms with E-state index in [9.17, 15) is 4.79 Å². The Bertz CT molecular complexity index is 400. The molecule has 0 amide bonds. The monoisotopic (exact) mass is 237 g/mol. The highest BCUT2D eigenvalue weighted by Gasteiger charge is 2.24. The molecule has 0 radical (unpaired) electrons. The van der Waals surface area contributed by atoms with Gasteiger partial charge in [0.2, 0.25) is 0 Å². The fraction of sp³-hybridized carbons (Fsp3) is 0.667. The number of carbonyl (C=O) groups excluding carboxylic acids is 1. The van der Waals surface area contributed by atoms with Crippen molar-refractivity contribution < 1.29 is 9.53 Å². The van der Waals surface area contributed by atoms with E-state index >= 15 is 0 Å². The Hall–Kier alpha value is -1.36. The fourth-order valence-corrected chi connectivity index (χ4v) is 2.54. The molecule has 0 spiro atoms. The second-order valence-electron chi connectivity index (χ2n) is 4.45. The number of methoxy groups -OCH3 is 1. The van der Waals surface area contributed by atoms with Gasteiger partial charge in [-0.25, -0.2) is 0 Å². The largest absolute Gasteiger partial charge is 0.468 e. The van der Waals surface area contributed by atoms with Crippen molar-refractivity contribution in [1.82, 2.24) is 9.78 Å². The number of fused-ring (bicyclic) bond motifs is 1. The van der Waals surface area contributed by atoms with Gasteiger partial charge in [0.05, 0.1) is 13.3 Å². The summed E-state index contributed by atoms with van der Waals surface area (Å²) in [7, 11) is 1.40. The maximum absolute atomic E-state index is 11.3. The Kier molecular flexibility index (Phi) is 3.78. The summed E-state index contributed by atoms with van der Waals surface area (Å²) in [6.45, 7) is 0.910. The summed E-state index contributed by atoms with van der Waals surface area (Å²) in [5, 5.41) is 4.29. The smallest absolute Gasteiger partial charge is 0.327 e. The molecule has 1 aliphatic rings. The lowest BCUT2D eigenvalue weighted by molar-refractivity contribution is -0.141. The molecular formula is C12H19N3O2. The molecule has 1 aromatic rings. The van der Waals surface area contributed by atoms with E-state index in [2.05, 4.69) is 9.84 Å². The Morgan fingerprint density at radius 3 is 3.24 bits per heavy atom. The summed E-state index contributed by atoms with van der Waals surface area (Å²) < 4.78 is 6.44. The van der Waals surface area contributed by atoms with E-state index in [-0.39, 0.29) is 12.5 Å². The number of carbonyl (C=O) groups is 1. The molecule has 1 aromatic heterocycles. The van der Waals surface area contributed by atoms with Gasteiger partial charge in [-0.05, 0) is 43.7 Å². The zero-order valence-electron chi connectivity index (χ0n) is 10.2. The van der Waals surface area contributed by atoms with Crippen molar-refractivity contribution in [2.24, 2.45) is 5.73 Å². The van der Waals surface area contributed by atoms with E-state index < -0.39 is 0 Å². The zero-order valence-corrected chi connectivity index (χ0v) is 10.2. The maximum Gasteiger partial charge on any atom is 0.327 e. The highest BCUT2D eigenvalue weighted by atomic mass is 16.5. The van der Waals surface area contributed by atoms with Crippen LogP contribution in [-0.4, -0.2) is 29.4 Å². The van der Waals surface area contributed by atoms with Crippen LogP contribution >= 0.6 is 0 Å². The second-order valence-corrected chi connectivity index (χ2v) is 4.45. The molecule has 2 N–H and O–H groups in total. The van der Waals surface area contributed by atoms with E-state index in [1.807, 2.05) is 6.20 Å². The highest BCUT2D eigenvalue weighted by Crippen LogP contribution is 2.33. The number of ether oxygens (including phenoxy) is 1. The maximum atomic E-state index is 11.3. The van der Waals surface area contributed by atoms with Crippen molar-refractivity contribution in [2.75, 3.05) is 13.7 Å². The Balaban J connectivity index is 2.19. The Labute approximate surface area is 101 Å². The molecule has 1 heterocycles. The van der Waals surface area contributed by atoms with Crippen LogP contribution in [-0.2, 0) is 22.5 Å². The zero-order chi connectivity index (χ0) is 12.3. The third kappa shape index (κ3) is 2.49. The van der Waals surface area contributed by atoms with Crippen LogP contribution in [0.2, 0.25) is 0 Å². The second kappa shape index (κ2) is 5.31. The van der Waals surface area contributed by atoms with E-state index in [0.717, 1.165) is 19.3 Å². The summed E-state index contributed by atoms with van der Waals surface area (Å²) in [5.41, 5.74) is 8.07. The fourth-order valence-electron chi connectivity index (χ4n) is 2.54. The minimum absolute atomic E-state index is 0.210. The molecule has 0 fully saturated rings. The minimum atomic E-state index is -0.253. The highest BCUT2D eigenvalue weighted by molar-refractivity contribution is 5.69. The molecule has 1 unspecified atom stereocenters. The van der Waals surface area contributed by atoms with Gasteiger partial charge in [0.1, 0.15) is 6.54 Å². The molecule has 0 aromatic carbocycles. The lowest BCUT2D eigenvalue weighted by Gasteiger charge is -2.22. The van der Waals surface area contributed by atoms with Crippen molar-refractivity contribution in [3.8, 4) is 0 Å². The molecule has 94 valence electrons. The Morgan fingerprint density at radius 1 is 1.71 bits per heavy atom. The van der Waals surface area contributed by atoms with Crippen molar-refractivity contribution >= 4 is 5.97 Å². The molecule has 1 aliphatic carbocycles. The first-order valence-corrected chi connectivity index (χ1v) is 6.07. The number of hydrogen-bond acceptors (Lipinski definition) is 4. The third-order valence-corrected chi connectivity index (χ3v) is 3.41. The van der Waals surface area contributed by atoms with Crippen LogP contribution in [0, 0.1) is 0 Å². The predicted molar refractivity (Wildman–Crippen MR) is 63.6 cm³/mol. The summed E-state index contributed by atoms with van der Waals surface area (Å²) in [6.07, 6.45) is 6.20. The average Bonchev–Trinajstić information content (AvgIpc) is 2.74. The van der Waals surface area contributed by atoms with Crippen molar-refractivity contribution in [3.05, 3.63) is 17.5 Å². The van der Waals surface area contributed by atoms with Gasteiger partial charge in [0.15, 0.2) is 0 Å². The van der Waals surface area contributed by atoms with Gasteiger partial charge in [-0.1, -0.05) is 0 Å². The van der Waals surface area contributed by atoms with Crippen molar-refractivity contribution in [1.29, 1.82) is 0 Å². The molecule has 0 aliphatic heterocycles. The number of rotatable bonds is 4. The summed E-state index contributed by atoms with van der Waals surface area (Å²) >= 11 is 0. The predicted octanol–water partition coefficient (Wildman–Crippen LogP) is 0.825. The summed E-state index contributed by atoms with van der Waals surface area (Å²) in [4.78, 5) is 11.3. The number of nitrogens with zero attached hydrogens (tertiary/aromatic N) is 2. The van der Waals surface area contributed by atoms with Crippen LogP contribution in [0.15, 0.2) is 6.20 Å². The number of nitrogens with two attached hydrogens (primary N) is 1. The first-order valence-electron chi connectivity index (χ1n) is 6.07. The van der Waals surface area contributed by atoms with Crippen LogP contribution < -0.4 is 5.73 Å². The summed E-state index contributed by atoms with van der Waals surface area (Å²) in [5.74, 6) is 0.256. The van der Waals surface area contributed by atoms with Gasteiger partial charge in [0.25, 0.3) is 0 Å². The van der Waals surface area contributed by atoms with Crippen LogP contribution in [0.1, 0.15) is 36.4 Å². The number of esters is 1. The van der Waals surface area contributed by atoms with Crippen LogP contribution in [0.5, 0.6) is 0 Å². The number of hydrogen-bond donors (Lipinski definition) is 1. The molecule has 17 heavy (non-hydrogen) atoms. The lowest BCUT2D eigenvalue weighted by Crippen LogP contribution is -2.19. The SMILES string of the molecule is COC(=O)Cn1ncc2c1CCCC2CCN. The molecule has 2 rings (SSSR count). The molecule has 5 nitrogen and oxygen atoms in total. The van der Waals surface area contributed by atoms with Crippen molar-refractivity contribution in [3.63, 3.8) is 0 Å². The van der Waals surface area contributed by atoms with Gasteiger partial charge in [0, 0.05) is 5.69 Å². The minimum Gasteiger partial charge on any atom is -0.468 e. The van der Waals surface area contributed by atoms with Crippen molar-refractivity contribution in [2.45, 2.75) is 38.1 Å². The first kappa shape index (κ1) is 12.1. The van der Waals surface area contributed by atoms with Gasteiger partial charge in [-0.3, -0.25) is 9.48 Å². The standard InChI is InChI=1S/C12H19N3O2/c1-17-12(16)8-15-11-4-2-3-9(5-6-13)10(11)7-14-15/h7,9H,2-6,8,13H2,1H3.